The van der Waals surface area contributed by atoms with Crippen molar-refractivity contribution in [3.63, 3.8) is 0 Å². The molecule has 108 valence electrons. The maximum Gasteiger partial charge on any atom is 0.324 e. The van der Waals surface area contributed by atoms with Crippen molar-refractivity contribution in [2.24, 2.45) is 0 Å². The van der Waals surface area contributed by atoms with E-state index in [1.807, 2.05) is 10.8 Å². The van der Waals surface area contributed by atoms with Gasteiger partial charge >= 0.3 is 5.97 Å². The zero-order valence-electron chi connectivity index (χ0n) is 10.6. The lowest BCUT2D eigenvalue weighted by Crippen LogP contribution is -2.47. The van der Waals surface area contributed by atoms with Crippen LogP contribution in [-0.2, 0) is 21.2 Å². The molecular formula is C12H14N2O5S. The molecule has 2 atom stereocenters. The molecule has 1 rings (SSSR count). The highest BCUT2D eigenvalue weighted by Crippen LogP contribution is 2.12. The van der Waals surface area contributed by atoms with E-state index in [4.69, 9.17) is 10.4 Å². The van der Waals surface area contributed by atoms with Crippen LogP contribution in [0.2, 0.25) is 0 Å². The van der Waals surface area contributed by atoms with Gasteiger partial charge in [-0.25, -0.2) is 8.42 Å². The lowest BCUT2D eigenvalue weighted by molar-refractivity contribution is -0.141. The van der Waals surface area contributed by atoms with Crippen molar-refractivity contribution < 1.29 is 23.4 Å². The fraction of sp³-hybridized carbons (Fsp3) is 0.333. The summed E-state index contributed by atoms with van der Waals surface area (Å²) in [5.41, 5.74) is 0.650. The zero-order chi connectivity index (χ0) is 15.3. The molecule has 0 radical (unpaired) electrons. The summed E-state index contributed by atoms with van der Waals surface area (Å²) in [6.45, 7) is 1.18. The average Bonchev–Trinajstić information content (AvgIpc) is 2.36. The van der Waals surface area contributed by atoms with Crippen molar-refractivity contribution in [1.29, 1.82) is 5.26 Å². The highest BCUT2D eigenvalue weighted by molar-refractivity contribution is 7.89. The summed E-state index contributed by atoms with van der Waals surface area (Å²) in [7, 11) is -4.05. The Morgan fingerprint density at radius 2 is 1.95 bits per heavy atom. The van der Waals surface area contributed by atoms with E-state index in [9.17, 15) is 18.3 Å². The van der Waals surface area contributed by atoms with Crippen molar-refractivity contribution in [3.8, 4) is 6.07 Å². The van der Waals surface area contributed by atoms with Gasteiger partial charge < -0.3 is 10.2 Å². The fourth-order valence-electron chi connectivity index (χ4n) is 1.47. The minimum atomic E-state index is -4.05. The van der Waals surface area contributed by atoms with Crippen molar-refractivity contribution in [3.05, 3.63) is 29.8 Å². The smallest absolute Gasteiger partial charge is 0.324 e. The summed E-state index contributed by atoms with van der Waals surface area (Å²) in [4.78, 5) is 10.7. The molecule has 3 N–H and O–H groups in total. The lowest BCUT2D eigenvalue weighted by Gasteiger charge is -2.17. The predicted molar refractivity (Wildman–Crippen MR) is 69.2 cm³/mol. The minimum Gasteiger partial charge on any atom is -0.480 e. The van der Waals surface area contributed by atoms with Crippen LogP contribution in [0.25, 0.3) is 0 Å². The Kier molecular flexibility index (Phi) is 5.21. The highest BCUT2D eigenvalue weighted by atomic mass is 32.2. The Labute approximate surface area is 116 Å². The van der Waals surface area contributed by atoms with Gasteiger partial charge in [0.05, 0.1) is 23.5 Å². The molecule has 0 aliphatic heterocycles. The van der Waals surface area contributed by atoms with Gasteiger partial charge in [0, 0.05) is 0 Å². The molecule has 0 saturated heterocycles. The van der Waals surface area contributed by atoms with Crippen LogP contribution in [0.15, 0.2) is 29.2 Å². The Balaban J connectivity index is 2.99. The van der Waals surface area contributed by atoms with Gasteiger partial charge in [0.15, 0.2) is 0 Å². The van der Waals surface area contributed by atoms with E-state index in [-0.39, 0.29) is 11.3 Å². The fourth-order valence-corrected chi connectivity index (χ4v) is 2.73. The Hall–Kier alpha value is -1.95. The first kappa shape index (κ1) is 16.1. The minimum absolute atomic E-state index is 0.133. The number of carbonyl (C=O) groups is 1. The Morgan fingerprint density at radius 1 is 1.40 bits per heavy atom. The van der Waals surface area contributed by atoms with Crippen molar-refractivity contribution >= 4 is 16.0 Å². The quantitative estimate of drug-likeness (QED) is 0.671. The van der Waals surface area contributed by atoms with Gasteiger partial charge in [-0.05, 0) is 24.6 Å². The molecule has 0 saturated carbocycles. The van der Waals surface area contributed by atoms with E-state index in [1.54, 1.807) is 0 Å². The van der Waals surface area contributed by atoms with Crippen molar-refractivity contribution in [1.82, 2.24) is 4.72 Å². The van der Waals surface area contributed by atoms with Crippen LogP contribution >= 0.6 is 0 Å². The molecule has 2 unspecified atom stereocenters. The van der Waals surface area contributed by atoms with Crippen LogP contribution in [0.1, 0.15) is 12.5 Å². The number of carboxylic acid groups (broad SMARTS) is 1. The van der Waals surface area contributed by atoms with Gasteiger partial charge in [0.2, 0.25) is 10.0 Å². The van der Waals surface area contributed by atoms with E-state index >= 15 is 0 Å². The van der Waals surface area contributed by atoms with Gasteiger partial charge in [-0.15, -0.1) is 0 Å². The van der Waals surface area contributed by atoms with Crippen LogP contribution in [0.5, 0.6) is 0 Å². The molecule has 0 aliphatic rings. The molecule has 8 heteroatoms. The van der Waals surface area contributed by atoms with Gasteiger partial charge in [-0.2, -0.15) is 9.98 Å². The summed E-state index contributed by atoms with van der Waals surface area (Å²) in [6, 6.07) is 5.79. The first-order valence-electron chi connectivity index (χ1n) is 5.67. The molecule has 0 bridgehead atoms. The third kappa shape index (κ3) is 4.03. The maximum absolute atomic E-state index is 12.0. The summed E-state index contributed by atoms with van der Waals surface area (Å²) in [5, 5.41) is 26.6. The molecule has 0 aromatic heterocycles. The van der Waals surface area contributed by atoms with Crippen LogP contribution in [-0.4, -0.2) is 36.7 Å². The molecule has 1 aromatic carbocycles. The second-order valence-electron chi connectivity index (χ2n) is 4.16. The number of aliphatic hydroxyl groups excluding tert-OH is 1. The summed E-state index contributed by atoms with van der Waals surface area (Å²) < 4.78 is 25.9. The molecule has 20 heavy (non-hydrogen) atoms. The van der Waals surface area contributed by atoms with Gasteiger partial charge in [-0.3, -0.25) is 4.79 Å². The average molecular weight is 298 g/mol. The van der Waals surface area contributed by atoms with Crippen LogP contribution in [0.4, 0.5) is 0 Å². The predicted octanol–water partition coefficient (Wildman–Crippen LogP) is -0.135. The normalized spacial score (nSPS) is 14.2. The molecule has 0 spiro atoms. The van der Waals surface area contributed by atoms with Crippen LogP contribution in [0, 0.1) is 11.3 Å². The monoisotopic (exact) mass is 298 g/mol. The van der Waals surface area contributed by atoms with E-state index in [0.29, 0.717) is 5.56 Å². The SMILES string of the molecule is CC(O)C(NS(=O)(=O)c1ccc(CC#N)cc1)C(=O)O. The molecule has 0 amide bonds. The Bertz CT molecular complexity index is 616. The number of carboxylic acids is 1. The number of aliphatic carboxylic acids is 1. The number of aliphatic hydroxyl groups is 1. The third-order valence-electron chi connectivity index (χ3n) is 2.55. The third-order valence-corrected chi connectivity index (χ3v) is 4.00. The van der Waals surface area contributed by atoms with E-state index < -0.39 is 28.1 Å². The number of sulfonamides is 1. The molecule has 0 heterocycles. The second-order valence-corrected chi connectivity index (χ2v) is 5.87. The molecular weight excluding hydrogens is 284 g/mol. The zero-order valence-corrected chi connectivity index (χ0v) is 11.5. The van der Waals surface area contributed by atoms with Gasteiger partial charge in [-0.1, -0.05) is 12.1 Å². The number of benzene rings is 1. The number of nitrogens with zero attached hydrogens (tertiary/aromatic N) is 1. The van der Waals surface area contributed by atoms with E-state index in [0.717, 1.165) is 0 Å². The number of hydrogen-bond donors (Lipinski definition) is 3. The van der Waals surface area contributed by atoms with Crippen molar-refractivity contribution in [2.75, 3.05) is 0 Å². The number of nitrogens with one attached hydrogen (secondary N) is 1. The first-order valence-corrected chi connectivity index (χ1v) is 7.15. The molecule has 0 aliphatic carbocycles. The standard InChI is InChI=1S/C12H14N2O5S/c1-8(15)11(12(16)17)14-20(18,19)10-4-2-9(3-5-10)6-7-13/h2-5,8,11,14-15H,6H2,1H3,(H,16,17). The topological polar surface area (TPSA) is 127 Å². The number of nitriles is 1. The maximum atomic E-state index is 12.0. The van der Waals surface area contributed by atoms with Crippen molar-refractivity contribution in [2.45, 2.75) is 30.4 Å². The largest absolute Gasteiger partial charge is 0.480 e. The van der Waals surface area contributed by atoms with Crippen LogP contribution in [0.3, 0.4) is 0 Å². The number of hydrogen-bond acceptors (Lipinski definition) is 5. The van der Waals surface area contributed by atoms with Gasteiger partial charge in [0.1, 0.15) is 6.04 Å². The summed E-state index contributed by atoms with van der Waals surface area (Å²) in [6.07, 6.45) is -1.22. The highest BCUT2D eigenvalue weighted by Gasteiger charge is 2.29. The van der Waals surface area contributed by atoms with E-state index in [1.165, 1.54) is 31.2 Å². The molecule has 0 fully saturated rings. The summed E-state index contributed by atoms with van der Waals surface area (Å²) in [5.74, 6) is -1.47. The van der Waals surface area contributed by atoms with Gasteiger partial charge in [0.25, 0.3) is 0 Å². The summed E-state index contributed by atoms with van der Waals surface area (Å²) >= 11 is 0. The molecule has 1 aromatic rings. The van der Waals surface area contributed by atoms with E-state index in [2.05, 4.69) is 0 Å². The first-order chi connectivity index (χ1) is 9.27. The molecule has 7 nitrogen and oxygen atoms in total. The van der Waals surface area contributed by atoms with Crippen LogP contribution < -0.4 is 4.72 Å². The Morgan fingerprint density at radius 3 is 2.35 bits per heavy atom. The second kappa shape index (κ2) is 6.47. The number of rotatable bonds is 6. The lowest BCUT2D eigenvalue weighted by atomic mass is 10.2.